The third-order valence-corrected chi connectivity index (χ3v) is 4.76. The van der Waals surface area contributed by atoms with Gasteiger partial charge in [-0.2, -0.15) is 0 Å². The van der Waals surface area contributed by atoms with E-state index in [0.717, 1.165) is 12.0 Å². The van der Waals surface area contributed by atoms with Gasteiger partial charge < -0.3 is 15.5 Å². The molecule has 0 saturated carbocycles. The molecular weight excluding hydrogens is 345 g/mol. The van der Waals surface area contributed by atoms with Crippen LogP contribution in [0.25, 0.3) is 0 Å². The molecular formula is C21H24FN3O2. The van der Waals surface area contributed by atoms with Crippen molar-refractivity contribution in [3.8, 4) is 0 Å². The molecule has 1 aliphatic heterocycles. The Morgan fingerprint density at radius 2 is 1.93 bits per heavy atom. The normalized spacial score (nSPS) is 13.9. The van der Waals surface area contributed by atoms with E-state index < -0.39 is 11.7 Å². The van der Waals surface area contributed by atoms with E-state index in [1.807, 2.05) is 30.3 Å². The molecule has 1 aliphatic rings. The van der Waals surface area contributed by atoms with Crippen molar-refractivity contribution < 1.29 is 14.0 Å². The molecule has 2 N–H and O–H groups in total. The first kappa shape index (κ1) is 19.0. The summed E-state index contributed by atoms with van der Waals surface area (Å²) in [5, 5.41) is 0. The van der Waals surface area contributed by atoms with Crippen LogP contribution in [0.2, 0.25) is 0 Å². The molecule has 3 rings (SSSR count). The number of hydrogen-bond acceptors (Lipinski definition) is 3. The number of nitrogens with two attached hydrogens (primary N) is 1. The summed E-state index contributed by atoms with van der Waals surface area (Å²) in [5.74, 6) is -0.984. The van der Waals surface area contributed by atoms with Crippen LogP contribution in [0.1, 0.15) is 28.8 Å². The standard InChI is InChI=1S/C21H24FN3O2/c22-19-9-8-17(25-12-4-7-20(25)26)15-18(19)21(27)24(14-11-23)13-10-16-5-2-1-3-6-16/h1-3,5-6,8-9,15H,4,7,10-14,23H2. The number of nitrogens with zero attached hydrogens (tertiary/aromatic N) is 2. The van der Waals surface area contributed by atoms with Crippen LogP contribution in [0.15, 0.2) is 48.5 Å². The summed E-state index contributed by atoms with van der Waals surface area (Å²) in [6.45, 7) is 1.69. The van der Waals surface area contributed by atoms with Crippen LogP contribution in [-0.4, -0.2) is 42.9 Å². The average molecular weight is 369 g/mol. The summed E-state index contributed by atoms with van der Waals surface area (Å²) in [6, 6.07) is 14.1. The number of rotatable bonds is 7. The van der Waals surface area contributed by atoms with Gasteiger partial charge >= 0.3 is 0 Å². The fourth-order valence-electron chi connectivity index (χ4n) is 3.32. The second-order valence-electron chi connectivity index (χ2n) is 6.63. The predicted molar refractivity (Wildman–Crippen MR) is 103 cm³/mol. The van der Waals surface area contributed by atoms with Gasteiger partial charge in [-0.1, -0.05) is 30.3 Å². The van der Waals surface area contributed by atoms with Crippen LogP contribution in [0, 0.1) is 5.82 Å². The first-order valence-corrected chi connectivity index (χ1v) is 9.23. The van der Waals surface area contributed by atoms with Crippen LogP contribution in [-0.2, 0) is 11.2 Å². The Morgan fingerprint density at radius 3 is 2.59 bits per heavy atom. The van der Waals surface area contributed by atoms with Gasteiger partial charge in [0.25, 0.3) is 5.91 Å². The van der Waals surface area contributed by atoms with Crippen molar-refractivity contribution in [1.29, 1.82) is 0 Å². The Labute approximate surface area is 158 Å². The van der Waals surface area contributed by atoms with E-state index in [4.69, 9.17) is 5.73 Å². The van der Waals surface area contributed by atoms with Crippen molar-refractivity contribution in [2.24, 2.45) is 5.73 Å². The molecule has 5 nitrogen and oxygen atoms in total. The molecule has 0 radical (unpaired) electrons. The zero-order valence-electron chi connectivity index (χ0n) is 15.2. The predicted octanol–water partition coefficient (Wildman–Crippen LogP) is 2.60. The van der Waals surface area contributed by atoms with Gasteiger partial charge in [0.15, 0.2) is 0 Å². The molecule has 27 heavy (non-hydrogen) atoms. The number of amides is 2. The minimum absolute atomic E-state index is 0.00268. The molecule has 1 heterocycles. The highest BCUT2D eigenvalue weighted by Gasteiger charge is 2.25. The first-order valence-electron chi connectivity index (χ1n) is 9.23. The first-order chi connectivity index (χ1) is 13.1. The number of benzene rings is 2. The fraction of sp³-hybridized carbons (Fsp3) is 0.333. The van der Waals surface area contributed by atoms with Gasteiger partial charge in [-0.05, 0) is 36.6 Å². The average Bonchev–Trinajstić information content (AvgIpc) is 3.12. The minimum atomic E-state index is -0.586. The Kier molecular flexibility index (Phi) is 6.19. The molecule has 1 fully saturated rings. The summed E-state index contributed by atoms with van der Waals surface area (Å²) in [7, 11) is 0. The smallest absolute Gasteiger partial charge is 0.256 e. The number of anilines is 1. The lowest BCUT2D eigenvalue weighted by Gasteiger charge is -2.23. The molecule has 0 aromatic heterocycles. The highest BCUT2D eigenvalue weighted by atomic mass is 19.1. The molecule has 1 saturated heterocycles. The maximum atomic E-state index is 14.4. The number of halogens is 1. The van der Waals surface area contributed by atoms with Crippen LogP contribution in [0.3, 0.4) is 0 Å². The van der Waals surface area contributed by atoms with Gasteiger partial charge in [0.05, 0.1) is 5.56 Å². The van der Waals surface area contributed by atoms with Crippen LogP contribution in [0.4, 0.5) is 10.1 Å². The van der Waals surface area contributed by atoms with E-state index in [1.54, 1.807) is 15.9 Å². The van der Waals surface area contributed by atoms with Gasteiger partial charge in [-0.25, -0.2) is 4.39 Å². The van der Waals surface area contributed by atoms with Gasteiger partial charge in [0, 0.05) is 38.3 Å². The zero-order chi connectivity index (χ0) is 19.2. The molecule has 6 heteroatoms. The van der Waals surface area contributed by atoms with E-state index in [1.165, 1.54) is 12.1 Å². The molecule has 0 aliphatic carbocycles. The zero-order valence-corrected chi connectivity index (χ0v) is 15.2. The molecule has 0 unspecified atom stereocenters. The molecule has 0 spiro atoms. The lowest BCUT2D eigenvalue weighted by atomic mass is 10.1. The molecule has 2 aromatic rings. The maximum absolute atomic E-state index is 14.4. The van der Waals surface area contributed by atoms with Crippen molar-refractivity contribution in [2.75, 3.05) is 31.1 Å². The highest BCUT2D eigenvalue weighted by molar-refractivity contribution is 5.99. The third-order valence-electron chi connectivity index (χ3n) is 4.76. The Bertz CT molecular complexity index is 810. The van der Waals surface area contributed by atoms with E-state index in [9.17, 15) is 14.0 Å². The summed E-state index contributed by atoms with van der Waals surface area (Å²) in [5.41, 5.74) is 7.31. The lowest BCUT2D eigenvalue weighted by Crippen LogP contribution is -2.37. The SMILES string of the molecule is NCCN(CCc1ccccc1)C(=O)c1cc(N2CCCC2=O)ccc1F. The van der Waals surface area contributed by atoms with Crippen LogP contribution in [0.5, 0.6) is 0 Å². The van der Waals surface area contributed by atoms with E-state index in [2.05, 4.69) is 0 Å². The highest BCUT2D eigenvalue weighted by Crippen LogP contribution is 2.24. The molecule has 0 bridgehead atoms. The van der Waals surface area contributed by atoms with E-state index in [0.29, 0.717) is 44.7 Å². The Morgan fingerprint density at radius 1 is 1.15 bits per heavy atom. The van der Waals surface area contributed by atoms with Crippen molar-refractivity contribution in [1.82, 2.24) is 4.90 Å². The molecule has 0 atom stereocenters. The summed E-state index contributed by atoms with van der Waals surface area (Å²) >= 11 is 0. The summed E-state index contributed by atoms with van der Waals surface area (Å²) < 4.78 is 14.4. The molecule has 142 valence electrons. The largest absolute Gasteiger partial charge is 0.337 e. The summed E-state index contributed by atoms with van der Waals surface area (Å²) in [6.07, 6.45) is 1.92. The van der Waals surface area contributed by atoms with Gasteiger partial charge in [-0.15, -0.1) is 0 Å². The fourth-order valence-corrected chi connectivity index (χ4v) is 3.32. The van der Waals surface area contributed by atoms with Crippen molar-refractivity contribution >= 4 is 17.5 Å². The number of carbonyl (C=O) groups excluding carboxylic acids is 2. The minimum Gasteiger partial charge on any atom is -0.337 e. The lowest BCUT2D eigenvalue weighted by molar-refractivity contribution is -0.117. The van der Waals surface area contributed by atoms with Gasteiger partial charge in [-0.3, -0.25) is 9.59 Å². The van der Waals surface area contributed by atoms with E-state index >= 15 is 0 Å². The number of hydrogen-bond donors (Lipinski definition) is 1. The second kappa shape index (κ2) is 8.77. The maximum Gasteiger partial charge on any atom is 0.256 e. The molecule has 2 amide bonds. The quantitative estimate of drug-likeness (QED) is 0.816. The van der Waals surface area contributed by atoms with Crippen LogP contribution < -0.4 is 10.6 Å². The van der Waals surface area contributed by atoms with Gasteiger partial charge in [0.2, 0.25) is 5.91 Å². The topological polar surface area (TPSA) is 66.6 Å². The van der Waals surface area contributed by atoms with Crippen molar-refractivity contribution in [3.05, 3.63) is 65.5 Å². The van der Waals surface area contributed by atoms with E-state index in [-0.39, 0.29) is 11.5 Å². The third kappa shape index (κ3) is 4.52. The second-order valence-corrected chi connectivity index (χ2v) is 6.63. The van der Waals surface area contributed by atoms with Crippen LogP contribution >= 0.6 is 0 Å². The number of carbonyl (C=O) groups is 2. The monoisotopic (exact) mass is 369 g/mol. The summed E-state index contributed by atoms with van der Waals surface area (Å²) in [4.78, 5) is 28.1. The Hall–Kier alpha value is -2.73. The molecule has 2 aromatic carbocycles. The Balaban J connectivity index is 1.79. The van der Waals surface area contributed by atoms with Gasteiger partial charge in [0.1, 0.15) is 5.82 Å². The van der Waals surface area contributed by atoms with Crippen molar-refractivity contribution in [2.45, 2.75) is 19.3 Å². The van der Waals surface area contributed by atoms with Crippen molar-refractivity contribution in [3.63, 3.8) is 0 Å².